The molecule has 2 aromatic heterocycles. The summed E-state index contributed by atoms with van der Waals surface area (Å²) in [5.74, 6) is -1.00. The number of ether oxygens (including phenoxy) is 1. The molecular formula is C21H15N3O3S. The van der Waals surface area contributed by atoms with Crippen molar-refractivity contribution >= 4 is 39.1 Å². The van der Waals surface area contributed by atoms with Crippen LogP contribution in [-0.2, 0) is 9.53 Å². The second-order valence-corrected chi connectivity index (χ2v) is 6.93. The molecular weight excluding hydrogens is 374 g/mol. The molecule has 7 heteroatoms. The smallest absolute Gasteiger partial charge is 0.339 e. The molecule has 6 nitrogen and oxygen atoms in total. The molecule has 1 amide bonds. The van der Waals surface area contributed by atoms with Crippen LogP contribution in [0.3, 0.4) is 0 Å². The van der Waals surface area contributed by atoms with Crippen LogP contribution in [0.15, 0.2) is 73.1 Å². The van der Waals surface area contributed by atoms with Crippen LogP contribution >= 0.6 is 11.3 Å². The monoisotopic (exact) mass is 389 g/mol. The molecule has 0 aliphatic carbocycles. The van der Waals surface area contributed by atoms with Gasteiger partial charge in [0.25, 0.3) is 5.91 Å². The molecule has 2 heterocycles. The fourth-order valence-electron chi connectivity index (χ4n) is 2.68. The van der Waals surface area contributed by atoms with Crippen LogP contribution in [0.2, 0.25) is 0 Å². The van der Waals surface area contributed by atoms with Gasteiger partial charge < -0.3 is 10.1 Å². The molecule has 0 radical (unpaired) electrons. The Morgan fingerprint density at radius 3 is 2.64 bits per heavy atom. The maximum Gasteiger partial charge on any atom is 0.339 e. The summed E-state index contributed by atoms with van der Waals surface area (Å²) in [6.07, 6.45) is 3.12. The van der Waals surface area contributed by atoms with E-state index in [9.17, 15) is 9.59 Å². The van der Waals surface area contributed by atoms with Gasteiger partial charge in [0.05, 0.1) is 27.7 Å². The van der Waals surface area contributed by atoms with Crippen molar-refractivity contribution in [2.75, 3.05) is 11.9 Å². The Morgan fingerprint density at radius 1 is 1.00 bits per heavy atom. The van der Waals surface area contributed by atoms with E-state index in [2.05, 4.69) is 15.3 Å². The molecule has 4 rings (SSSR count). The van der Waals surface area contributed by atoms with E-state index >= 15 is 0 Å². The van der Waals surface area contributed by atoms with Crippen molar-refractivity contribution in [2.45, 2.75) is 0 Å². The molecule has 2 aromatic carbocycles. The number of anilines is 1. The van der Waals surface area contributed by atoms with Gasteiger partial charge in [-0.1, -0.05) is 30.3 Å². The third-order valence-electron chi connectivity index (χ3n) is 3.95. The molecule has 0 aliphatic heterocycles. The van der Waals surface area contributed by atoms with Crippen molar-refractivity contribution < 1.29 is 14.3 Å². The van der Waals surface area contributed by atoms with Crippen LogP contribution in [0.4, 0.5) is 5.69 Å². The summed E-state index contributed by atoms with van der Waals surface area (Å²) in [6, 6.07) is 18.3. The number of pyridine rings is 1. The van der Waals surface area contributed by atoms with Gasteiger partial charge in [-0.3, -0.25) is 9.78 Å². The van der Waals surface area contributed by atoms with Gasteiger partial charge in [-0.25, -0.2) is 9.78 Å². The first-order chi connectivity index (χ1) is 13.7. The Kier molecular flexibility index (Phi) is 5.07. The van der Waals surface area contributed by atoms with Crippen LogP contribution < -0.4 is 5.32 Å². The minimum absolute atomic E-state index is 0.371. The number of thiazole rings is 1. The third kappa shape index (κ3) is 3.89. The average molecular weight is 389 g/mol. The number of nitrogens with one attached hydrogen (secondary N) is 1. The van der Waals surface area contributed by atoms with Crippen LogP contribution in [0, 0.1) is 0 Å². The van der Waals surface area contributed by atoms with Crippen molar-refractivity contribution in [2.24, 2.45) is 0 Å². The van der Waals surface area contributed by atoms with Gasteiger partial charge in [-0.15, -0.1) is 11.3 Å². The zero-order valence-corrected chi connectivity index (χ0v) is 15.5. The van der Waals surface area contributed by atoms with Crippen LogP contribution in [0.25, 0.3) is 20.8 Å². The van der Waals surface area contributed by atoms with E-state index in [1.54, 1.807) is 30.5 Å². The van der Waals surface area contributed by atoms with Crippen LogP contribution in [-0.4, -0.2) is 28.5 Å². The number of amides is 1. The molecule has 0 aliphatic rings. The van der Waals surface area contributed by atoms with Gasteiger partial charge in [0.2, 0.25) is 0 Å². The van der Waals surface area contributed by atoms with E-state index in [1.165, 1.54) is 17.5 Å². The number of esters is 1. The standard InChI is InChI=1S/C21H15N3O3S/c25-19(23-14-6-5-11-22-12-14)13-27-21(26)16-8-2-1-7-15(16)20-24-17-9-3-4-10-18(17)28-20/h1-12H,13H2,(H,23,25). The summed E-state index contributed by atoms with van der Waals surface area (Å²) in [5, 5.41) is 3.35. The lowest BCUT2D eigenvalue weighted by Crippen LogP contribution is -2.21. The van der Waals surface area contributed by atoms with E-state index < -0.39 is 11.9 Å². The van der Waals surface area contributed by atoms with Crippen molar-refractivity contribution in [3.8, 4) is 10.6 Å². The van der Waals surface area contributed by atoms with Crippen molar-refractivity contribution in [1.29, 1.82) is 0 Å². The summed E-state index contributed by atoms with van der Waals surface area (Å²) in [4.78, 5) is 33.1. The Labute approximate surface area is 164 Å². The highest BCUT2D eigenvalue weighted by atomic mass is 32.1. The van der Waals surface area contributed by atoms with Crippen LogP contribution in [0.1, 0.15) is 10.4 Å². The number of nitrogens with zero attached hydrogens (tertiary/aromatic N) is 2. The molecule has 0 bridgehead atoms. The number of carbonyl (C=O) groups excluding carboxylic acids is 2. The first-order valence-electron chi connectivity index (χ1n) is 8.53. The lowest BCUT2D eigenvalue weighted by Gasteiger charge is -2.08. The summed E-state index contributed by atoms with van der Waals surface area (Å²) in [7, 11) is 0. The molecule has 28 heavy (non-hydrogen) atoms. The normalized spacial score (nSPS) is 10.6. The largest absolute Gasteiger partial charge is 0.452 e. The van der Waals surface area contributed by atoms with Gasteiger partial charge in [0.15, 0.2) is 6.61 Å². The highest BCUT2D eigenvalue weighted by Crippen LogP contribution is 2.32. The maximum atomic E-state index is 12.6. The number of fused-ring (bicyclic) bond motifs is 1. The van der Waals surface area contributed by atoms with E-state index in [-0.39, 0.29) is 6.61 Å². The van der Waals surface area contributed by atoms with E-state index in [1.807, 2.05) is 36.4 Å². The molecule has 4 aromatic rings. The number of hydrogen-bond donors (Lipinski definition) is 1. The second kappa shape index (κ2) is 7.98. The predicted molar refractivity (Wildman–Crippen MR) is 108 cm³/mol. The fraction of sp³-hybridized carbons (Fsp3) is 0.0476. The quantitative estimate of drug-likeness (QED) is 0.519. The van der Waals surface area contributed by atoms with E-state index in [0.29, 0.717) is 16.8 Å². The van der Waals surface area contributed by atoms with Crippen molar-refractivity contribution in [1.82, 2.24) is 9.97 Å². The van der Waals surface area contributed by atoms with Gasteiger partial charge >= 0.3 is 5.97 Å². The number of para-hydroxylation sites is 1. The Hall–Kier alpha value is -3.58. The number of aromatic nitrogens is 2. The number of rotatable bonds is 5. The summed E-state index contributed by atoms with van der Waals surface area (Å²) < 4.78 is 6.24. The zero-order valence-electron chi connectivity index (χ0n) is 14.7. The van der Waals surface area contributed by atoms with Gasteiger partial charge in [-0.05, 0) is 30.3 Å². The molecule has 1 N–H and O–H groups in total. The van der Waals surface area contributed by atoms with Crippen molar-refractivity contribution in [3.05, 3.63) is 78.6 Å². The minimum atomic E-state index is -0.573. The fourth-order valence-corrected chi connectivity index (χ4v) is 3.68. The molecule has 138 valence electrons. The third-order valence-corrected chi connectivity index (χ3v) is 5.02. The van der Waals surface area contributed by atoms with Gasteiger partial charge in [0, 0.05) is 11.8 Å². The Bertz CT molecular complexity index is 1110. The first-order valence-corrected chi connectivity index (χ1v) is 9.34. The minimum Gasteiger partial charge on any atom is -0.452 e. The average Bonchev–Trinajstić information content (AvgIpc) is 3.17. The Morgan fingerprint density at radius 2 is 1.82 bits per heavy atom. The van der Waals surface area contributed by atoms with Gasteiger partial charge in [0.1, 0.15) is 5.01 Å². The number of hydrogen-bond acceptors (Lipinski definition) is 6. The Balaban J connectivity index is 1.50. The molecule has 0 fully saturated rings. The predicted octanol–water partition coefficient (Wildman–Crippen LogP) is 4.15. The molecule has 0 atom stereocenters. The number of carbonyl (C=O) groups is 2. The molecule has 0 saturated carbocycles. The van der Waals surface area contributed by atoms with E-state index in [0.717, 1.165) is 15.2 Å². The first kappa shape index (κ1) is 17.8. The zero-order chi connectivity index (χ0) is 19.3. The summed E-state index contributed by atoms with van der Waals surface area (Å²) >= 11 is 1.50. The summed E-state index contributed by atoms with van der Waals surface area (Å²) in [6.45, 7) is -0.387. The highest BCUT2D eigenvalue weighted by Gasteiger charge is 2.17. The SMILES string of the molecule is O=C(COC(=O)c1ccccc1-c1nc2ccccc2s1)Nc1cccnc1. The van der Waals surface area contributed by atoms with Crippen molar-refractivity contribution in [3.63, 3.8) is 0 Å². The number of benzene rings is 2. The van der Waals surface area contributed by atoms with E-state index in [4.69, 9.17) is 4.74 Å². The summed E-state index contributed by atoms with van der Waals surface area (Å²) in [5.41, 5.74) is 2.47. The lowest BCUT2D eigenvalue weighted by molar-refractivity contribution is -0.119. The van der Waals surface area contributed by atoms with Gasteiger partial charge in [-0.2, -0.15) is 0 Å². The molecule has 0 saturated heterocycles. The lowest BCUT2D eigenvalue weighted by atomic mass is 10.1. The topological polar surface area (TPSA) is 81.2 Å². The second-order valence-electron chi connectivity index (χ2n) is 5.90. The molecule has 0 unspecified atom stereocenters. The van der Waals surface area contributed by atoms with Crippen LogP contribution in [0.5, 0.6) is 0 Å². The highest BCUT2D eigenvalue weighted by molar-refractivity contribution is 7.21. The maximum absolute atomic E-state index is 12.6. The molecule has 0 spiro atoms.